The third-order valence-electron chi connectivity index (χ3n) is 2.72. The Kier molecular flexibility index (Phi) is 6.87. The molecule has 1 aromatic rings. The molecule has 0 bridgehead atoms. The van der Waals surface area contributed by atoms with Gasteiger partial charge in [0.25, 0.3) is 0 Å². The van der Waals surface area contributed by atoms with Gasteiger partial charge in [0.05, 0.1) is 13.2 Å². The number of para-hydroxylation sites is 1. The Morgan fingerprint density at radius 1 is 1.42 bits per heavy atom. The fourth-order valence-corrected chi connectivity index (χ4v) is 2.17. The van der Waals surface area contributed by atoms with Crippen LogP contribution in [0, 0.1) is 5.92 Å². The molecule has 2 unspecified atom stereocenters. The van der Waals surface area contributed by atoms with Crippen LogP contribution in [-0.2, 0) is 14.3 Å². The van der Waals surface area contributed by atoms with Crippen LogP contribution in [-0.4, -0.2) is 32.3 Å². The number of ether oxygens (including phenoxy) is 2. The first-order chi connectivity index (χ1) is 9.10. The van der Waals surface area contributed by atoms with Crippen LogP contribution in [0.5, 0.6) is 0 Å². The van der Waals surface area contributed by atoms with E-state index >= 15 is 0 Å². The number of carbonyl (C=O) groups excluding carboxylic acids is 1. The molecule has 0 amide bonds. The summed E-state index contributed by atoms with van der Waals surface area (Å²) in [6.45, 7) is 4.61. The highest BCUT2D eigenvalue weighted by Crippen LogP contribution is 2.24. The van der Waals surface area contributed by atoms with Gasteiger partial charge in [0.15, 0.2) is 0 Å². The molecule has 1 aromatic carbocycles. The minimum Gasteiger partial charge on any atom is -0.464 e. The van der Waals surface area contributed by atoms with Crippen molar-refractivity contribution < 1.29 is 14.3 Å². The average Bonchev–Trinajstić information content (AvgIpc) is 2.38. The van der Waals surface area contributed by atoms with Gasteiger partial charge in [-0.25, -0.2) is 4.79 Å². The van der Waals surface area contributed by atoms with Crippen molar-refractivity contribution in [1.29, 1.82) is 0 Å². The molecule has 0 radical (unpaired) electrons. The third-order valence-corrected chi connectivity index (χ3v) is 3.42. The summed E-state index contributed by atoms with van der Waals surface area (Å²) in [6.07, 6.45) is 0. The quantitative estimate of drug-likeness (QED) is 0.781. The van der Waals surface area contributed by atoms with Gasteiger partial charge in [-0.3, -0.25) is 0 Å². The predicted molar refractivity (Wildman–Crippen MR) is 79.2 cm³/mol. The first-order valence-electron chi connectivity index (χ1n) is 6.26. The Bertz CT molecular complexity index is 411. The van der Waals surface area contributed by atoms with Crippen molar-refractivity contribution in [1.82, 2.24) is 0 Å². The standard InChI is InChI=1S/C14H20BrNO3/c1-4-19-14(17)13(10(2)9-18-3)16-12-8-6-5-7-11(12)15/h5-8,10,13,16H,4,9H2,1-3H3. The molecule has 0 fully saturated rings. The topological polar surface area (TPSA) is 47.6 Å². The summed E-state index contributed by atoms with van der Waals surface area (Å²) in [7, 11) is 1.62. The largest absolute Gasteiger partial charge is 0.464 e. The van der Waals surface area contributed by atoms with Crippen molar-refractivity contribution in [3.8, 4) is 0 Å². The molecule has 1 rings (SSSR count). The van der Waals surface area contributed by atoms with Gasteiger partial charge in [0, 0.05) is 23.2 Å². The number of methoxy groups -OCH3 is 1. The maximum absolute atomic E-state index is 12.0. The molecule has 0 aliphatic carbocycles. The molecule has 0 aliphatic heterocycles. The summed E-state index contributed by atoms with van der Waals surface area (Å²) in [4.78, 5) is 12.0. The first-order valence-corrected chi connectivity index (χ1v) is 7.06. The lowest BCUT2D eigenvalue weighted by atomic mass is 10.0. The van der Waals surface area contributed by atoms with E-state index in [0.717, 1.165) is 10.2 Å². The number of benzene rings is 1. The lowest BCUT2D eigenvalue weighted by Gasteiger charge is -2.24. The number of hydrogen-bond acceptors (Lipinski definition) is 4. The fraction of sp³-hybridized carbons (Fsp3) is 0.500. The number of carbonyl (C=O) groups is 1. The summed E-state index contributed by atoms with van der Waals surface area (Å²) in [5, 5.41) is 3.22. The van der Waals surface area contributed by atoms with Crippen molar-refractivity contribution in [2.45, 2.75) is 19.9 Å². The van der Waals surface area contributed by atoms with Crippen LogP contribution in [0.2, 0.25) is 0 Å². The number of halogens is 1. The average molecular weight is 330 g/mol. The molecular weight excluding hydrogens is 310 g/mol. The summed E-state index contributed by atoms with van der Waals surface area (Å²) in [5.74, 6) is -0.251. The van der Waals surface area contributed by atoms with E-state index in [9.17, 15) is 4.79 Å². The van der Waals surface area contributed by atoms with Gasteiger partial charge in [0.1, 0.15) is 6.04 Å². The Morgan fingerprint density at radius 2 is 2.11 bits per heavy atom. The number of rotatable bonds is 7. The van der Waals surface area contributed by atoms with E-state index in [1.165, 1.54) is 0 Å². The van der Waals surface area contributed by atoms with E-state index in [-0.39, 0.29) is 11.9 Å². The first kappa shape index (κ1) is 16.0. The number of anilines is 1. The molecule has 5 heteroatoms. The van der Waals surface area contributed by atoms with Gasteiger partial charge in [-0.1, -0.05) is 19.1 Å². The zero-order valence-electron chi connectivity index (χ0n) is 11.5. The van der Waals surface area contributed by atoms with Crippen LogP contribution in [0.15, 0.2) is 28.7 Å². The smallest absolute Gasteiger partial charge is 0.328 e. The summed E-state index contributed by atoms with van der Waals surface area (Å²) < 4.78 is 11.1. The van der Waals surface area contributed by atoms with E-state index in [4.69, 9.17) is 9.47 Å². The predicted octanol–water partition coefficient (Wildman–Crippen LogP) is 3.08. The lowest BCUT2D eigenvalue weighted by Crippen LogP contribution is -2.39. The molecule has 0 aliphatic rings. The van der Waals surface area contributed by atoms with Crippen LogP contribution in [0.1, 0.15) is 13.8 Å². The second kappa shape index (κ2) is 8.17. The molecule has 0 saturated heterocycles. The van der Waals surface area contributed by atoms with Crippen LogP contribution in [0.25, 0.3) is 0 Å². The molecule has 2 atom stereocenters. The maximum atomic E-state index is 12.0. The Morgan fingerprint density at radius 3 is 2.68 bits per heavy atom. The SMILES string of the molecule is CCOC(=O)C(Nc1ccccc1Br)C(C)COC. The molecule has 0 saturated carbocycles. The zero-order valence-corrected chi connectivity index (χ0v) is 13.1. The van der Waals surface area contributed by atoms with E-state index in [2.05, 4.69) is 21.2 Å². The monoisotopic (exact) mass is 329 g/mol. The molecule has 0 spiro atoms. The fourth-order valence-electron chi connectivity index (χ4n) is 1.77. The maximum Gasteiger partial charge on any atom is 0.328 e. The Labute approximate surface area is 122 Å². The molecule has 0 heterocycles. The van der Waals surface area contributed by atoms with Gasteiger partial charge in [-0.05, 0) is 35.0 Å². The van der Waals surface area contributed by atoms with Crippen LogP contribution in [0.4, 0.5) is 5.69 Å². The van der Waals surface area contributed by atoms with Gasteiger partial charge in [-0.2, -0.15) is 0 Å². The van der Waals surface area contributed by atoms with Crippen molar-refractivity contribution in [2.24, 2.45) is 5.92 Å². The highest BCUT2D eigenvalue weighted by atomic mass is 79.9. The summed E-state index contributed by atoms with van der Waals surface area (Å²) in [5.41, 5.74) is 0.864. The molecule has 4 nitrogen and oxygen atoms in total. The number of nitrogens with one attached hydrogen (secondary N) is 1. The van der Waals surface area contributed by atoms with E-state index in [1.807, 2.05) is 31.2 Å². The molecule has 0 aromatic heterocycles. The highest BCUT2D eigenvalue weighted by Gasteiger charge is 2.26. The van der Waals surface area contributed by atoms with Gasteiger partial charge < -0.3 is 14.8 Å². The Hall–Kier alpha value is -1.07. The zero-order chi connectivity index (χ0) is 14.3. The number of esters is 1. The normalized spacial score (nSPS) is 13.7. The summed E-state index contributed by atoms with van der Waals surface area (Å²) >= 11 is 3.46. The second-order valence-corrected chi connectivity index (χ2v) is 5.14. The Balaban J connectivity index is 2.85. The van der Waals surface area contributed by atoms with Crippen LogP contribution in [0.3, 0.4) is 0 Å². The van der Waals surface area contributed by atoms with E-state index < -0.39 is 6.04 Å². The van der Waals surface area contributed by atoms with Crippen molar-refractivity contribution in [3.63, 3.8) is 0 Å². The molecule has 106 valence electrons. The molecule has 1 N–H and O–H groups in total. The van der Waals surface area contributed by atoms with Crippen molar-refractivity contribution in [3.05, 3.63) is 28.7 Å². The highest BCUT2D eigenvalue weighted by molar-refractivity contribution is 9.10. The molecule has 19 heavy (non-hydrogen) atoms. The molecular formula is C14H20BrNO3. The lowest BCUT2D eigenvalue weighted by molar-refractivity contribution is -0.145. The second-order valence-electron chi connectivity index (χ2n) is 4.29. The van der Waals surface area contributed by atoms with E-state index in [1.54, 1.807) is 14.0 Å². The summed E-state index contributed by atoms with van der Waals surface area (Å²) in [6, 6.07) is 7.24. The van der Waals surface area contributed by atoms with Crippen molar-refractivity contribution >= 4 is 27.6 Å². The minimum absolute atomic E-state index is 0.0103. The number of hydrogen-bond donors (Lipinski definition) is 1. The van der Waals surface area contributed by atoms with Crippen molar-refractivity contribution in [2.75, 3.05) is 25.6 Å². The third kappa shape index (κ3) is 4.84. The van der Waals surface area contributed by atoms with Gasteiger partial charge >= 0.3 is 5.97 Å². The van der Waals surface area contributed by atoms with Crippen LogP contribution < -0.4 is 5.32 Å². The van der Waals surface area contributed by atoms with E-state index in [0.29, 0.717) is 13.2 Å². The minimum atomic E-state index is -0.432. The van der Waals surface area contributed by atoms with Crippen LogP contribution >= 0.6 is 15.9 Å². The van der Waals surface area contributed by atoms with Gasteiger partial charge in [-0.15, -0.1) is 0 Å². The van der Waals surface area contributed by atoms with Gasteiger partial charge in [0.2, 0.25) is 0 Å².